The molecule has 2 N–H and O–H groups in total. The number of hydrogen-bond donors (Lipinski definition) is 2. The van der Waals surface area contributed by atoms with Gasteiger partial charge in [0.15, 0.2) is 0 Å². The fraction of sp³-hybridized carbons (Fsp3) is 0.500. The molecular weight excluding hydrogens is 292 g/mol. The van der Waals surface area contributed by atoms with E-state index in [2.05, 4.69) is 39.1 Å². The second-order valence-corrected chi connectivity index (χ2v) is 6.10. The number of aromatic nitrogens is 4. The third kappa shape index (κ3) is 3.73. The van der Waals surface area contributed by atoms with Crippen molar-refractivity contribution >= 4 is 11.9 Å². The van der Waals surface area contributed by atoms with Crippen molar-refractivity contribution in [3.63, 3.8) is 0 Å². The molecule has 3 rings (SSSR count). The fourth-order valence-corrected chi connectivity index (χ4v) is 2.61. The van der Waals surface area contributed by atoms with Gasteiger partial charge in [0, 0.05) is 37.9 Å². The smallest absolute Gasteiger partial charge is 0.225 e. The lowest BCUT2D eigenvalue weighted by atomic mass is 10.0. The standard InChI is InChI=1S/C16H22N6O/c1-11(2)12-8-19-16(20-9-12)22-7-4-13(14(23)10-22)21-15-17-5-3-6-18-15/h3,5-6,8-9,11,13-14,23H,4,7,10H2,1-2H3,(H,17,18,21)/t13-,14-/m1/s1. The van der Waals surface area contributed by atoms with E-state index in [9.17, 15) is 5.11 Å². The molecule has 2 atom stereocenters. The van der Waals surface area contributed by atoms with Gasteiger partial charge in [-0.2, -0.15) is 0 Å². The largest absolute Gasteiger partial charge is 0.389 e. The summed E-state index contributed by atoms with van der Waals surface area (Å²) in [7, 11) is 0. The molecule has 0 bridgehead atoms. The number of rotatable bonds is 4. The Hall–Kier alpha value is -2.28. The second-order valence-electron chi connectivity index (χ2n) is 6.10. The highest BCUT2D eigenvalue weighted by Crippen LogP contribution is 2.20. The predicted octanol–water partition coefficient (Wildman–Crippen LogP) is 1.44. The van der Waals surface area contributed by atoms with Crippen LogP contribution in [-0.4, -0.2) is 50.3 Å². The van der Waals surface area contributed by atoms with Crippen LogP contribution in [0.5, 0.6) is 0 Å². The van der Waals surface area contributed by atoms with Gasteiger partial charge in [-0.3, -0.25) is 0 Å². The third-order valence-corrected chi connectivity index (χ3v) is 4.07. The molecule has 0 saturated carbocycles. The lowest BCUT2D eigenvalue weighted by Gasteiger charge is -2.36. The lowest BCUT2D eigenvalue weighted by Crippen LogP contribution is -2.50. The van der Waals surface area contributed by atoms with Crippen LogP contribution < -0.4 is 10.2 Å². The number of β-amino-alcohol motifs (C(OH)–C–C–N with tert-alkyl or cyclic N) is 1. The van der Waals surface area contributed by atoms with Gasteiger partial charge in [-0.25, -0.2) is 19.9 Å². The Morgan fingerprint density at radius 3 is 2.48 bits per heavy atom. The van der Waals surface area contributed by atoms with Crippen molar-refractivity contribution in [1.29, 1.82) is 0 Å². The van der Waals surface area contributed by atoms with E-state index in [-0.39, 0.29) is 6.04 Å². The van der Waals surface area contributed by atoms with Gasteiger partial charge in [0.1, 0.15) is 0 Å². The van der Waals surface area contributed by atoms with E-state index in [0.717, 1.165) is 18.5 Å². The normalized spacial score (nSPS) is 21.5. The van der Waals surface area contributed by atoms with Crippen molar-refractivity contribution in [2.45, 2.75) is 38.3 Å². The summed E-state index contributed by atoms with van der Waals surface area (Å²) in [5.74, 6) is 1.63. The number of piperidine rings is 1. The van der Waals surface area contributed by atoms with Crippen LogP contribution in [0.1, 0.15) is 31.7 Å². The van der Waals surface area contributed by atoms with E-state index in [4.69, 9.17) is 0 Å². The molecule has 0 spiro atoms. The summed E-state index contributed by atoms with van der Waals surface area (Å²) in [5, 5.41) is 13.6. The van der Waals surface area contributed by atoms with Crippen molar-refractivity contribution in [3.8, 4) is 0 Å². The van der Waals surface area contributed by atoms with E-state index in [1.165, 1.54) is 0 Å². The van der Waals surface area contributed by atoms with Crippen LogP contribution in [0, 0.1) is 0 Å². The zero-order valence-corrected chi connectivity index (χ0v) is 13.4. The Labute approximate surface area is 135 Å². The first-order valence-corrected chi connectivity index (χ1v) is 7.92. The number of aliphatic hydroxyl groups excluding tert-OH is 1. The molecule has 1 aliphatic heterocycles. The molecule has 7 heteroatoms. The van der Waals surface area contributed by atoms with Gasteiger partial charge >= 0.3 is 0 Å². The SMILES string of the molecule is CC(C)c1cnc(N2CC[C@@H](Nc3ncccn3)[C@H](O)C2)nc1. The summed E-state index contributed by atoms with van der Waals surface area (Å²) in [4.78, 5) is 19.1. The average molecular weight is 314 g/mol. The number of hydrogen-bond acceptors (Lipinski definition) is 7. The Morgan fingerprint density at radius 2 is 1.87 bits per heavy atom. The van der Waals surface area contributed by atoms with Gasteiger partial charge < -0.3 is 15.3 Å². The van der Waals surface area contributed by atoms with Gasteiger partial charge in [-0.1, -0.05) is 13.8 Å². The summed E-state index contributed by atoms with van der Waals surface area (Å²) in [5.41, 5.74) is 1.12. The number of anilines is 2. The Kier molecular flexibility index (Phi) is 4.66. The molecule has 7 nitrogen and oxygen atoms in total. The second kappa shape index (κ2) is 6.87. The first-order chi connectivity index (χ1) is 11.1. The monoisotopic (exact) mass is 314 g/mol. The molecule has 0 amide bonds. The van der Waals surface area contributed by atoms with Gasteiger partial charge in [0.25, 0.3) is 0 Å². The summed E-state index contributed by atoms with van der Waals surface area (Å²) in [6.45, 7) is 5.50. The molecule has 2 aromatic heterocycles. The Morgan fingerprint density at radius 1 is 1.17 bits per heavy atom. The predicted molar refractivity (Wildman–Crippen MR) is 88.4 cm³/mol. The van der Waals surface area contributed by atoms with Gasteiger partial charge in [0.05, 0.1) is 12.1 Å². The van der Waals surface area contributed by atoms with E-state index in [1.54, 1.807) is 18.5 Å². The minimum atomic E-state index is -0.527. The van der Waals surface area contributed by atoms with Crippen LogP contribution >= 0.6 is 0 Å². The summed E-state index contributed by atoms with van der Waals surface area (Å²) >= 11 is 0. The van der Waals surface area contributed by atoms with E-state index >= 15 is 0 Å². The van der Waals surface area contributed by atoms with Crippen LogP contribution in [0.2, 0.25) is 0 Å². The highest BCUT2D eigenvalue weighted by atomic mass is 16.3. The van der Waals surface area contributed by atoms with Crippen LogP contribution in [0.25, 0.3) is 0 Å². The molecule has 0 aromatic carbocycles. The maximum absolute atomic E-state index is 10.4. The van der Waals surface area contributed by atoms with Crippen molar-refractivity contribution in [3.05, 3.63) is 36.4 Å². The molecule has 0 unspecified atom stereocenters. The molecule has 0 radical (unpaired) electrons. The third-order valence-electron chi connectivity index (χ3n) is 4.07. The van der Waals surface area contributed by atoms with E-state index in [0.29, 0.717) is 24.4 Å². The average Bonchev–Trinajstić information content (AvgIpc) is 2.58. The number of aliphatic hydroxyl groups is 1. The Bertz CT molecular complexity index is 618. The van der Waals surface area contributed by atoms with Crippen LogP contribution in [0.15, 0.2) is 30.9 Å². The molecule has 2 aromatic rings. The topological polar surface area (TPSA) is 87.1 Å². The minimum Gasteiger partial charge on any atom is -0.389 e. The number of nitrogens with zero attached hydrogens (tertiary/aromatic N) is 5. The Balaban J connectivity index is 1.61. The van der Waals surface area contributed by atoms with Crippen LogP contribution in [-0.2, 0) is 0 Å². The molecule has 1 fully saturated rings. The maximum Gasteiger partial charge on any atom is 0.225 e. The maximum atomic E-state index is 10.4. The highest BCUT2D eigenvalue weighted by molar-refractivity contribution is 5.34. The van der Waals surface area contributed by atoms with Crippen LogP contribution in [0.4, 0.5) is 11.9 Å². The quantitative estimate of drug-likeness (QED) is 0.883. The molecule has 1 saturated heterocycles. The van der Waals surface area contributed by atoms with Gasteiger partial charge in [0.2, 0.25) is 11.9 Å². The fourth-order valence-electron chi connectivity index (χ4n) is 2.61. The lowest BCUT2D eigenvalue weighted by molar-refractivity contribution is 0.139. The highest BCUT2D eigenvalue weighted by Gasteiger charge is 2.29. The summed E-state index contributed by atoms with van der Waals surface area (Å²) in [6.07, 6.45) is 7.33. The van der Waals surface area contributed by atoms with Crippen molar-refractivity contribution < 1.29 is 5.11 Å². The molecule has 3 heterocycles. The zero-order valence-electron chi connectivity index (χ0n) is 13.4. The molecule has 0 aliphatic carbocycles. The summed E-state index contributed by atoms with van der Waals surface area (Å²) in [6, 6.07) is 1.70. The first-order valence-electron chi connectivity index (χ1n) is 7.92. The summed E-state index contributed by atoms with van der Waals surface area (Å²) < 4.78 is 0. The molecule has 23 heavy (non-hydrogen) atoms. The van der Waals surface area contributed by atoms with Crippen molar-refractivity contribution in [1.82, 2.24) is 19.9 Å². The zero-order chi connectivity index (χ0) is 16.2. The molecule has 122 valence electrons. The van der Waals surface area contributed by atoms with Crippen molar-refractivity contribution in [2.24, 2.45) is 0 Å². The number of nitrogens with one attached hydrogen (secondary N) is 1. The van der Waals surface area contributed by atoms with Gasteiger partial charge in [-0.05, 0) is 24.0 Å². The van der Waals surface area contributed by atoms with Crippen molar-refractivity contribution in [2.75, 3.05) is 23.3 Å². The van der Waals surface area contributed by atoms with E-state index in [1.807, 2.05) is 17.3 Å². The first kappa shape index (κ1) is 15.6. The van der Waals surface area contributed by atoms with Crippen LogP contribution in [0.3, 0.4) is 0 Å². The van der Waals surface area contributed by atoms with E-state index < -0.39 is 6.10 Å². The minimum absolute atomic E-state index is 0.0661. The molecule has 1 aliphatic rings. The van der Waals surface area contributed by atoms with Gasteiger partial charge in [-0.15, -0.1) is 0 Å². The molecular formula is C16H22N6O.